The third-order valence-corrected chi connectivity index (χ3v) is 12.2. The van der Waals surface area contributed by atoms with Gasteiger partial charge in [0.2, 0.25) is 0 Å². The van der Waals surface area contributed by atoms with Gasteiger partial charge in [0.1, 0.15) is 11.2 Å². The van der Waals surface area contributed by atoms with Crippen molar-refractivity contribution in [3.63, 3.8) is 0 Å². The summed E-state index contributed by atoms with van der Waals surface area (Å²) in [5.74, 6) is 0. The SMILES string of the molecule is CC1(c2cccc3c2oc2ccc(-c4cccc(N(c5ccc(-c6ccccc6)cc5)c5ccc(-c6ccccc6)cc5)c4)cc23)c2ccccc2-c2ccccc21. The van der Waals surface area contributed by atoms with Gasteiger partial charge in [0.05, 0.1) is 0 Å². The van der Waals surface area contributed by atoms with Gasteiger partial charge in [-0.1, -0.05) is 170 Å². The molecule has 0 fully saturated rings. The van der Waals surface area contributed by atoms with Crippen LogP contribution < -0.4 is 4.90 Å². The van der Waals surface area contributed by atoms with Gasteiger partial charge >= 0.3 is 0 Å². The third-order valence-electron chi connectivity index (χ3n) is 12.2. The van der Waals surface area contributed by atoms with E-state index in [1.54, 1.807) is 0 Å². The van der Waals surface area contributed by atoms with Crippen LogP contribution in [0, 0.1) is 0 Å². The molecule has 1 aromatic heterocycles. The van der Waals surface area contributed by atoms with Gasteiger partial charge in [-0.05, 0) is 111 Å². The van der Waals surface area contributed by atoms with Crippen LogP contribution in [0.4, 0.5) is 17.1 Å². The highest BCUT2D eigenvalue weighted by atomic mass is 16.3. The minimum atomic E-state index is -0.347. The van der Waals surface area contributed by atoms with E-state index in [0.717, 1.165) is 50.1 Å². The van der Waals surface area contributed by atoms with Gasteiger partial charge in [-0.3, -0.25) is 0 Å². The fraction of sp³-hybridized carbons (Fsp3) is 0.0357. The van der Waals surface area contributed by atoms with Crippen LogP contribution in [0.2, 0.25) is 0 Å². The van der Waals surface area contributed by atoms with E-state index in [-0.39, 0.29) is 5.41 Å². The Balaban J connectivity index is 1.01. The second kappa shape index (κ2) is 13.7. The number of anilines is 3. The molecule has 2 heteroatoms. The maximum Gasteiger partial charge on any atom is 0.139 e. The molecule has 0 aliphatic heterocycles. The van der Waals surface area contributed by atoms with Gasteiger partial charge in [-0.25, -0.2) is 0 Å². The van der Waals surface area contributed by atoms with Crippen LogP contribution in [0.25, 0.3) is 66.4 Å². The summed E-state index contributed by atoms with van der Waals surface area (Å²) in [6.45, 7) is 2.35. The zero-order valence-electron chi connectivity index (χ0n) is 32.1. The van der Waals surface area contributed by atoms with Crippen molar-refractivity contribution in [2.45, 2.75) is 12.3 Å². The minimum Gasteiger partial charge on any atom is -0.456 e. The van der Waals surface area contributed by atoms with Crippen LogP contribution in [-0.4, -0.2) is 0 Å². The highest BCUT2D eigenvalue weighted by molar-refractivity contribution is 6.08. The van der Waals surface area contributed by atoms with E-state index < -0.39 is 0 Å². The van der Waals surface area contributed by atoms with E-state index in [4.69, 9.17) is 4.42 Å². The topological polar surface area (TPSA) is 16.4 Å². The summed E-state index contributed by atoms with van der Waals surface area (Å²) in [5, 5.41) is 2.25. The van der Waals surface area contributed by atoms with Crippen molar-refractivity contribution in [2.24, 2.45) is 0 Å². The van der Waals surface area contributed by atoms with Gasteiger partial charge < -0.3 is 9.32 Å². The van der Waals surface area contributed by atoms with Crippen LogP contribution in [0.3, 0.4) is 0 Å². The van der Waals surface area contributed by atoms with Crippen molar-refractivity contribution in [1.82, 2.24) is 0 Å². The molecule has 274 valence electrons. The molecule has 0 radical (unpaired) electrons. The standard InChI is InChI=1S/C56H39NO/c1-56(51-23-10-8-20-47(51)48-21-9-11-24-52(48)56)53-25-13-22-49-50-37-43(30-35-54(50)58-55(49)53)42-18-12-19-46(36-42)57(44-31-26-40(27-32-44)38-14-4-2-5-15-38)45-33-28-41(29-34-45)39-16-6-3-7-17-39/h2-37H,1H3. The first-order valence-electron chi connectivity index (χ1n) is 20.0. The Labute approximate surface area is 338 Å². The lowest BCUT2D eigenvalue weighted by Gasteiger charge is -2.28. The second-order valence-corrected chi connectivity index (χ2v) is 15.4. The smallest absolute Gasteiger partial charge is 0.139 e. The average Bonchev–Trinajstić information content (AvgIpc) is 3.80. The van der Waals surface area contributed by atoms with Gasteiger partial charge in [-0.2, -0.15) is 0 Å². The van der Waals surface area contributed by atoms with Crippen LogP contribution in [0.5, 0.6) is 0 Å². The van der Waals surface area contributed by atoms with Crippen LogP contribution in [-0.2, 0) is 5.41 Å². The monoisotopic (exact) mass is 741 g/mol. The highest BCUT2D eigenvalue weighted by Gasteiger charge is 2.42. The summed E-state index contributed by atoms with van der Waals surface area (Å²) < 4.78 is 6.83. The largest absolute Gasteiger partial charge is 0.456 e. The van der Waals surface area contributed by atoms with Gasteiger partial charge in [0.15, 0.2) is 0 Å². The second-order valence-electron chi connectivity index (χ2n) is 15.4. The van der Waals surface area contributed by atoms with Crippen LogP contribution in [0.1, 0.15) is 23.6 Å². The van der Waals surface area contributed by atoms with E-state index >= 15 is 0 Å². The Morgan fingerprint density at radius 3 is 1.41 bits per heavy atom. The Kier molecular flexibility index (Phi) is 7.97. The first-order chi connectivity index (χ1) is 28.6. The number of rotatable bonds is 7. The van der Waals surface area contributed by atoms with Gasteiger partial charge in [0, 0.05) is 38.8 Å². The molecule has 1 aliphatic carbocycles. The molecule has 0 N–H and O–H groups in total. The molecular formula is C56H39NO. The summed E-state index contributed by atoms with van der Waals surface area (Å²) in [6, 6.07) is 78.7. The maximum absolute atomic E-state index is 6.83. The van der Waals surface area contributed by atoms with Crippen molar-refractivity contribution < 1.29 is 4.42 Å². The predicted octanol–water partition coefficient (Wildman–Crippen LogP) is 15.4. The number of furan rings is 1. The third kappa shape index (κ3) is 5.49. The van der Waals surface area contributed by atoms with E-state index in [2.05, 4.69) is 230 Å². The first-order valence-corrected chi connectivity index (χ1v) is 20.0. The van der Waals surface area contributed by atoms with Crippen LogP contribution >= 0.6 is 0 Å². The molecule has 58 heavy (non-hydrogen) atoms. The van der Waals surface area contributed by atoms with Gasteiger partial charge in [-0.15, -0.1) is 0 Å². The lowest BCUT2D eigenvalue weighted by Crippen LogP contribution is -2.22. The first kappa shape index (κ1) is 33.9. The minimum absolute atomic E-state index is 0.347. The fourth-order valence-electron chi connectivity index (χ4n) is 9.25. The normalized spacial score (nSPS) is 12.7. The molecule has 1 aliphatic rings. The predicted molar refractivity (Wildman–Crippen MR) is 242 cm³/mol. The highest BCUT2D eigenvalue weighted by Crippen LogP contribution is 2.54. The number of fused-ring (bicyclic) bond motifs is 6. The fourth-order valence-corrected chi connectivity index (χ4v) is 9.25. The molecular weight excluding hydrogens is 703 g/mol. The molecule has 0 bridgehead atoms. The summed E-state index contributed by atoms with van der Waals surface area (Å²) in [6.07, 6.45) is 0. The molecule has 0 saturated carbocycles. The lowest BCUT2D eigenvalue weighted by atomic mass is 9.74. The molecule has 0 amide bonds. The Morgan fingerprint density at radius 2 is 0.810 bits per heavy atom. The van der Waals surface area contributed by atoms with Crippen molar-refractivity contribution >= 4 is 39.0 Å². The quantitative estimate of drug-likeness (QED) is 0.162. The number of nitrogens with zero attached hydrogens (tertiary/aromatic N) is 1. The summed E-state index contributed by atoms with van der Waals surface area (Å²) in [7, 11) is 0. The lowest BCUT2D eigenvalue weighted by molar-refractivity contribution is 0.638. The molecule has 10 aromatic rings. The maximum atomic E-state index is 6.83. The Hall–Kier alpha value is -7.42. The van der Waals surface area contributed by atoms with Crippen LogP contribution in [0.15, 0.2) is 223 Å². The molecule has 2 nitrogen and oxygen atoms in total. The molecule has 11 rings (SSSR count). The Morgan fingerprint density at radius 1 is 0.345 bits per heavy atom. The van der Waals surface area contributed by atoms with Crippen molar-refractivity contribution in [1.29, 1.82) is 0 Å². The van der Waals surface area contributed by atoms with E-state index in [1.165, 1.54) is 50.1 Å². The molecule has 0 atom stereocenters. The summed E-state index contributed by atoms with van der Waals surface area (Å²) in [4.78, 5) is 2.35. The number of benzene rings is 9. The molecule has 9 aromatic carbocycles. The number of hydrogen-bond acceptors (Lipinski definition) is 2. The summed E-state index contributed by atoms with van der Waals surface area (Å²) >= 11 is 0. The summed E-state index contributed by atoms with van der Waals surface area (Å²) in [5.41, 5.74) is 18.3. The van der Waals surface area contributed by atoms with Crippen molar-refractivity contribution in [2.75, 3.05) is 4.90 Å². The number of hydrogen-bond donors (Lipinski definition) is 0. The van der Waals surface area contributed by atoms with E-state index in [1.807, 2.05) is 0 Å². The molecule has 0 saturated heterocycles. The Bertz CT molecular complexity index is 2980. The number of para-hydroxylation sites is 1. The molecule has 0 unspecified atom stereocenters. The molecule has 0 spiro atoms. The van der Waals surface area contributed by atoms with Crippen molar-refractivity contribution in [3.8, 4) is 44.5 Å². The van der Waals surface area contributed by atoms with E-state index in [0.29, 0.717) is 0 Å². The van der Waals surface area contributed by atoms with E-state index in [9.17, 15) is 0 Å². The zero-order chi connectivity index (χ0) is 38.6. The van der Waals surface area contributed by atoms with Crippen molar-refractivity contribution in [3.05, 3.63) is 235 Å². The van der Waals surface area contributed by atoms with Gasteiger partial charge in [0.25, 0.3) is 0 Å². The zero-order valence-corrected chi connectivity index (χ0v) is 32.1. The molecule has 1 heterocycles. The average molecular weight is 742 g/mol.